The largest absolute Gasteiger partial charge is 0.573 e. The second-order valence-electron chi connectivity index (χ2n) is 9.39. The molecule has 0 spiro atoms. The van der Waals surface area contributed by atoms with Gasteiger partial charge in [-0.15, -0.1) is 13.2 Å². The Kier molecular flexibility index (Phi) is 5.91. The first-order chi connectivity index (χ1) is 17.7. The molecule has 1 saturated carbocycles. The molecule has 38 heavy (non-hydrogen) atoms. The van der Waals surface area contributed by atoms with E-state index >= 15 is 0 Å². The lowest BCUT2D eigenvalue weighted by atomic mass is 9.75. The number of primary amides is 1. The third-order valence-electron chi connectivity index (χ3n) is 6.77. The van der Waals surface area contributed by atoms with Crippen LogP contribution in [0.15, 0.2) is 48.8 Å². The fourth-order valence-electron chi connectivity index (χ4n) is 4.95. The lowest BCUT2D eigenvalue weighted by molar-refractivity contribution is -0.274. The number of rotatable bonds is 6. The molecule has 2 amide bonds. The Morgan fingerprint density at radius 3 is 2.24 bits per heavy atom. The topological polar surface area (TPSA) is 90.4 Å². The molecule has 0 unspecified atom stereocenters. The van der Waals surface area contributed by atoms with Gasteiger partial charge in [-0.05, 0) is 41.8 Å². The van der Waals surface area contributed by atoms with Crippen LogP contribution in [0.3, 0.4) is 0 Å². The van der Waals surface area contributed by atoms with Crippen LogP contribution in [0.2, 0.25) is 0 Å². The molecule has 2 aromatic carbocycles. The van der Waals surface area contributed by atoms with Crippen LogP contribution in [0.5, 0.6) is 5.75 Å². The number of likely N-dealkylation sites (tertiary alicyclic amines) is 1. The normalized spacial score (nSPS) is 17.7. The van der Waals surface area contributed by atoms with Crippen LogP contribution in [-0.2, 0) is 4.79 Å². The van der Waals surface area contributed by atoms with Gasteiger partial charge < -0.3 is 15.4 Å². The molecule has 5 rings (SSSR count). The summed E-state index contributed by atoms with van der Waals surface area (Å²) in [6.07, 6.45) is -5.75. The van der Waals surface area contributed by atoms with Crippen LogP contribution in [0, 0.1) is 0 Å². The summed E-state index contributed by atoms with van der Waals surface area (Å²) in [4.78, 5) is 25.5. The predicted octanol–water partition coefficient (Wildman–Crippen LogP) is 5.08. The zero-order valence-electron chi connectivity index (χ0n) is 19.6. The van der Waals surface area contributed by atoms with Gasteiger partial charge in [0.05, 0.1) is 17.1 Å². The zero-order valence-corrected chi connectivity index (χ0v) is 19.6. The number of ether oxygens (including phenoxy) is 1. The molecule has 2 fully saturated rings. The van der Waals surface area contributed by atoms with E-state index in [4.69, 9.17) is 5.73 Å². The average molecular weight is 538 g/mol. The molecule has 7 nitrogen and oxygen atoms in total. The van der Waals surface area contributed by atoms with E-state index in [1.165, 1.54) is 33.8 Å². The number of nitrogens with two attached hydrogens (primary N) is 1. The van der Waals surface area contributed by atoms with Crippen molar-refractivity contribution < 1.29 is 40.7 Å². The second-order valence-corrected chi connectivity index (χ2v) is 9.39. The summed E-state index contributed by atoms with van der Waals surface area (Å²) in [5.74, 6) is -6.73. The summed E-state index contributed by atoms with van der Waals surface area (Å²) < 4.78 is 84.1. The molecule has 0 radical (unpaired) electrons. The number of nitrogens with zero attached hydrogens (tertiary/aromatic N) is 3. The van der Waals surface area contributed by atoms with E-state index in [2.05, 4.69) is 16.4 Å². The van der Waals surface area contributed by atoms with Gasteiger partial charge in [0.15, 0.2) is 5.83 Å². The van der Waals surface area contributed by atoms with Crippen LogP contribution in [-0.4, -0.2) is 51.9 Å². The highest BCUT2D eigenvalue weighted by Gasteiger charge is 2.47. The van der Waals surface area contributed by atoms with Gasteiger partial charge in [-0.25, -0.2) is 13.2 Å². The van der Waals surface area contributed by atoms with Crippen molar-refractivity contribution in [3.8, 4) is 17.0 Å². The van der Waals surface area contributed by atoms with Crippen LogP contribution in [0.1, 0.15) is 40.7 Å². The molecule has 1 saturated heterocycles. The highest BCUT2D eigenvalue weighted by atomic mass is 19.4. The minimum Gasteiger partial charge on any atom is -0.406 e. The lowest BCUT2D eigenvalue weighted by Gasteiger charge is -2.39. The Hall–Kier alpha value is -4.03. The molecule has 1 aliphatic heterocycles. The highest BCUT2D eigenvalue weighted by molar-refractivity contribution is 6.09. The van der Waals surface area contributed by atoms with Gasteiger partial charge in [0.25, 0.3) is 11.8 Å². The number of fused-ring (bicyclic) bond motifs is 1. The minimum atomic E-state index is -4.90. The lowest BCUT2D eigenvalue weighted by Crippen LogP contribution is -2.51. The van der Waals surface area contributed by atoms with Crippen LogP contribution >= 0.6 is 0 Å². The first-order valence-electron chi connectivity index (χ1n) is 11.5. The van der Waals surface area contributed by atoms with Crippen molar-refractivity contribution in [2.24, 2.45) is 5.73 Å². The minimum absolute atomic E-state index is 0.0281. The molecule has 3 aromatic rings. The van der Waals surface area contributed by atoms with Crippen molar-refractivity contribution in [3.05, 3.63) is 59.9 Å². The fourth-order valence-corrected chi connectivity index (χ4v) is 4.95. The summed E-state index contributed by atoms with van der Waals surface area (Å²) in [7, 11) is 0. The molecule has 1 aliphatic carbocycles. The third-order valence-corrected chi connectivity index (χ3v) is 6.77. The summed E-state index contributed by atoms with van der Waals surface area (Å²) in [6, 6.07) is 7.25. The molecule has 13 heteroatoms. The highest BCUT2D eigenvalue weighted by Crippen LogP contribution is 2.51. The van der Waals surface area contributed by atoms with Gasteiger partial charge in [-0.2, -0.15) is 5.10 Å². The maximum atomic E-state index is 13.8. The SMILES string of the molecule is C=C(F)C(=O)N1CC(n2nc(-c3ccc(OC(F)(F)F)cc3)c3c(C4CC(F)(F)C4)ccc(C(N)=O)c32)C1. The molecule has 2 N–H and O–H groups in total. The van der Waals surface area contributed by atoms with Crippen molar-refractivity contribution in [1.29, 1.82) is 0 Å². The quantitative estimate of drug-likeness (QED) is 0.350. The van der Waals surface area contributed by atoms with E-state index in [9.17, 15) is 35.9 Å². The van der Waals surface area contributed by atoms with E-state index in [1.54, 1.807) is 0 Å². The number of alkyl halides is 5. The smallest absolute Gasteiger partial charge is 0.406 e. The predicted molar refractivity (Wildman–Crippen MR) is 123 cm³/mol. The Balaban J connectivity index is 1.65. The molecular formula is C25H20F6N4O3. The van der Waals surface area contributed by atoms with Crippen LogP contribution in [0.25, 0.3) is 22.2 Å². The molecular weight excluding hydrogens is 518 g/mol. The molecule has 2 aliphatic rings. The number of halogens is 6. The third kappa shape index (κ3) is 4.56. The summed E-state index contributed by atoms with van der Waals surface area (Å²) in [6.45, 7) is 3.05. The number of aromatic nitrogens is 2. The van der Waals surface area contributed by atoms with E-state index in [0.717, 1.165) is 12.1 Å². The summed E-state index contributed by atoms with van der Waals surface area (Å²) in [5.41, 5.74) is 6.95. The van der Waals surface area contributed by atoms with Gasteiger partial charge in [0, 0.05) is 36.9 Å². The van der Waals surface area contributed by atoms with E-state index < -0.39 is 60.5 Å². The average Bonchev–Trinajstić information content (AvgIpc) is 3.15. The number of benzene rings is 2. The maximum absolute atomic E-state index is 13.8. The molecule has 200 valence electrons. The molecule has 2 heterocycles. The number of hydrogen-bond donors (Lipinski definition) is 1. The van der Waals surface area contributed by atoms with Gasteiger partial charge in [0.2, 0.25) is 5.92 Å². The molecule has 0 bridgehead atoms. The van der Waals surface area contributed by atoms with Gasteiger partial charge in [0.1, 0.15) is 11.4 Å². The van der Waals surface area contributed by atoms with Crippen LogP contribution in [0.4, 0.5) is 26.3 Å². The van der Waals surface area contributed by atoms with Crippen molar-refractivity contribution in [1.82, 2.24) is 14.7 Å². The number of carbonyl (C=O) groups is 2. The zero-order chi connectivity index (χ0) is 27.6. The standard InChI is InChI=1S/C25H20F6N4O3/c1-12(26)23(37)34-10-15(11-34)35-21-18(22(32)36)7-6-17(14-8-24(27,28)9-14)19(21)20(33-35)13-2-4-16(5-3-13)38-25(29,30)31/h2-7,14-15H,1,8-11H2,(H2,32,36). The summed E-state index contributed by atoms with van der Waals surface area (Å²) >= 11 is 0. The second kappa shape index (κ2) is 8.77. The van der Waals surface area contributed by atoms with Crippen molar-refractivity contribution in [2.45, 2.75) is 37.1 Å². The first-order valence-corrected chi connectivity index (χ1v) is 11.5. The Labute approximate surface area is 211 Å². The number of amides is 2. The Morgan fingerprint density at radius 1 is 1.08 bits per heavy atom. The van der Waals surface area contributed by atoms with Gasteiger partial charge >= 0.3 is 6.36 Å². The van der Waals surface area contributed by atoms with Crippen LogP contribution < -0.4 is 10.5 Å². The fraction of sp³-hybridized carbons (Fsp3) is 0.320. The molecule has 1 aromatic heterocycles. The summed E-state index contributed by atoms with van der Waals surface area (Å²) in [5, 5.41) is 4.96. The van der Waals surface area contributed by atoms with Crippen molar-refractivity contribution in [3.63, 3.8) is 0 Å². The maximum Gasteiger partial charge on any atom is 0.573 e. The van der Waals surface area contributed by atoms with Crippen molar-refractivity contribution in [2.75, 3.05) is 13.1 Å². The van der Waals surface area contributed by atoms with E-state index in [1.807, 2.05) is 0 Å². The Morgan fingerprint density at radius 2 is 1.71 bits per heavy atom. The van der Waals surface area contributed by atoms with E-state index in [-0.39, 0.29) is 29.9 Å². The van der Waals surface area contributed by atoms with Gasteiger partial charge in [-0.3, -0.25) is 14.3 Å². The first kappa shape index (κ1) is 25.6. The molecule has 0 atom stereocenters. The van der Waals surface area contributed by atoms with Gasteiger partial charge in [-0.1, -0.05) is 12.6 Å². The van der Waals surface area contributed by atoms with Crippen molar-refractivity contribution >= 4 is 22.7 Å². The number of carbonyl (C=O) groups excluding carboxylic acids is 2. The number of hydrogen-bond acceptors (Lipinski definition) is 4. The Bertz CT molecular complexity index is 1450. The monoisotopic (exact) mass is 538 g/mol. The van der Waals surface area contributed by atoms with E-state index in [0.29, 0.717) is 16.5 Å².